The number of hydrogen-bond donors (Lipinski definition) is 1. The maximum absolute atomic E-state index is 12.8. The van der Waals surface area contributed by atoms with Crippen LogP contribution in [0.3, 0.4) is 0 Å². The monoisotopic (exact) mass is 391 g/mol. The maximum Gasteiger partial charge on any atom is 0.416 e. The van der Waals surface area contributed by atoms with E-state index in [9.17, 15) is 18.0 Å². The number of nitrogens with one attached hydrogen (secondary N) is 1. The summed E-state index contributed by atoms with van der Waals surface area (Å²) >= 11 is 0. The molecule has 1 fully saturated rings. The van der Waals surface area contributed by atoms with E-state index in [4.69, 9.17) is 0 Å². The molecule has 1 aliphatic carbocycles. The molecule has 2 aromatic heterocycles. The van der Waals surface area contributed by atoms with Crippen molar-refractivity contribution in [3.8, 4) is 0 Å². The van der Waals surface area contributed by atoms with Crippen LogP contribution >= 0.6 is 0 Å². The molecular formula is C19H20F3N5O. The Bertz CT molecular complexity index is 1050. The van der Waals surface area contributed by atoms with Crippen molar-refractivity contribution in [1.82, 2.24) is 19.7 Å². The first-order chi connectivity index (χ1) is 13.3. The number of H-pyrrole nitrogens is 1. The lowest BCUT2D eigenvalue weighted by atomic mass is 9.92. The number of aryl methyl sites for hydroxylation is 1. The highest BCUT2D eigenvalue weighted by atomic mass is 19.4. The summed E-state index contributed by atoms with van der Waals surface area (Å²) in [7, 11) is 3.58. The molecule has 1 aromatic carbocycles. The smallest absolute Gasteiger partial charge is 0.342 e. The van der Waals surface area contributed by atoms with Gasteiger partial charge in [0.05, 0.1) is 11.8 Å². The second-order valence-corrected chi connectivity index (χ2v) is 7.23. The lowest BCUT2D eigenvalue weighted by Gasteiger charge is -2.30. The topological polar surface area (TPSA) is 66.8 Å². The quantitative estimate of drug-likeness (QED) is 0.743. The lowest BCUT2D eigenvalue weighted by molar-refractivity contribution is -0.137. The molecule has 1 N–H and O–H groups in total. The van der Waals surface area contributed by atoms with E-state index in [1.165, 1.54) is 6.20 Å². The minimum absolute atomic E-state index is 0.0329. The number of halogens is 3. The molecule has 148 valence electrons. The summed E-state index contributed by atoms with van der Waals surface area (Å²) in [4.78, 5) is 21.6. The molecule has 0 amide bonds. The largest absolute Gasteiger partial charge is 0.416 e. The van der Waals surface area contributed by atoms with Crippen LogP contribution < -0.4 is 10.5 Å². The summed E-state index contributed by atoms with van der Waals surface area (Å²) in [6.45, 7) is 0. The molecule has 2 heterocycles. The fourth-order valence-corrected chi connectivity index (χ4v) is 4.06. The van der Waals surface area contributed by atoms with Crippen molar-refractivity contribution in [2.24, 2.45) is 7.05 Å². The summed E-state index contributed by atoms with van der Waals surface area (Å²) in [6, 6.07) is 5.41. The fraction of sp³-hybridized carbons (Fsp3) is 0.421. The van der Waals surface area contributed by atoms with E-state index in [2.05, 4.69) is 15.1 Å². The van der Waals surface area contributed by atoms with Crippen LogP contribution in [0.1, 0.15) is 36.3 Å². The van der Waals surface area contributed by atoms with Gasteiger partial charge in [-0.15, -0.1) is 0 Å². The Morgan fingerprint density at radius 3 is 2.61 bits per heavy atom. The predicted octanol–water partition coefficient (Wildman–Crippen LogP) is 3.45. The van der Waals surface area contributed by atoms with E-state index in [-0.39, 0.29) is 17.5 Å². The number of nitrogens with zero attached hydrogens (tertiary/aromatic N) is 4. The second kappa shape index (κ2) is 6.65. The summed E-state index contributed by atoms with van der Waals surface area (Å²) in [5.41, 5.74) is 0.455. The van der Waals surface area contributed by atoms with Gasteiger partial charge in [0.1, 0.15) is 5.39 Å². The van der Waals surface area contributed by atoms with Gasteiger partial charge in [-0.3, -0.25) is 14.5 Å². The number of fused-ring (bicyclic) bond motifs is 1. The number of likely N-dealkylation sites (N-methyl/N-ethyl adjacent to an activating group) is 1. The van der Waals surface area contributed by atoms with E-state index in [1.54, 1.807) is 23.9 Å². The van der Waals surface area contributed by atoms with E-state index in [0.29, 0.717) is 17.0 Å². The Labute approximate surface area is 159 Å². The summed E-state index contributed by atoms with van der Waals surface area (Å²) in [5, 5.41) is 4.49. The molecular weight excluding hydrogens is 371 g/mol. The molecule has 0 bridgehead atoms. The molecule has 1 saturated carbocycles. The lowest BCUT2D eigenvalue weighted by Crippen LogP contribution is -2.36. The SMILES string of the molecule is CN(c1nc2c(cnn2C)c(=O)[nH]1)[C@@H]1CCC[C@H]1c1ccc(C(F)(F)F)cc1. The van der Waals surface area contributed by atoms with Crippen molar-refractivity contribution >= 4 is 17.0 Å². The average molecular weight is 391 g/mol. The van der Waals surface area contributed by atoms with Crippen LogP contribution in [0.5, 0.6) is 0 Å². The van der Waals surface area contributed by atoms with Crippen molar-refractivity contribution in [1.29, 1.82) is 0 Å². The average Bonchev–Trinajstić information content (AvgIpc) is 3.28. The van der Waals surface area contributed by atoms with Gasteiger partial charge in [0, 0.05) is 26.1 Å². The highest BCUT2D eigenvalue weighted by Crippen LogP contribution is 2.39. The first-order valence-corrected chi connectivity index (χ1v) is 9.07. The first kappa shape index (κ1) is 18.5. The number of aromatic amines is 1. The molecule has 0 radical (unpaired) electrons. The fourth-order valence-electron chi connectivity index (χ4n) is 4.06. The minimum atomic E-state index is -4.34. The molecule has 0 saturated heterocycles. The van der Waals surface area contributed by atoms with E-state index in [0.717, 1.165) is 37.0 Å². The van der Waals surface area contributed by atoms with Crippen LogP contribution in [-0.2, 0) is 13.2 Å². The van der Waals surface area contributed by atoms with Gasteiger partial charge >= 0.3 is 6.18 Å². The van der Waals surface area contributed by atoms with Crippen LogP contribution in [0.15, 0.2) is 35.3 Å². The van der Waals surface area contributed by atoms with Crippen LogP contribution in [0.4, 0.5) is 19.1 Å². The molecule has 4 rings (SSSR count). The summed E-state index contributed by atoms with van der Waals surface area (Å²) in [6.07, 6.45) is -0.162. The molecule has 0 spiro atoms. The number of benzene rings is 1. The van der Waals surface area contributed by atoms with E-state index in [1.807, 2.05) is 11.9 Å². The van der Waals surface area contributed by atoms with Gasteiger partial charge in [0.25, 0.3) is 5.56 Å². The van der Waals surface area contributed by atoms with Crippen molar-refractivity contribution < 1.29 is 13.2 Å². The van der Waals surface area contributed by atoms with Gasteiger partial charge < -0.3 is 4.90 Å². The summed E-state index contributed by atoms with van der Waals surface area (Å²) in [5.74, 6) is 0.504. The molecule has 9 heteroatoms. The molecule has 2 atom stereocenters. The standard InChI is InChI=1S/C19H20F3N5O/c1-26(18-24-16-14(17(28)25-18)10-23-27(16)2)15-5-3-4-13(15)11-6-8-12(9-7-11)19(20,21)22/h6-10,13,15H,3-5H2,1-2H3,(H,24,25,28)/t13-,15+/m0/s1. The van der Waals surface area contributed by atoms with E-state index >= 15 is 0 Å². The molecule has 0 aliphatic heterocycles. The van der Waals surface area contributed by atoms with Gasteiger partial charge in [0.15, 0.2) is 5.65 Å². The number of aromatic nitrogens is 4. The Kier molecular flexibility index (Phi) is 4.40. The van der Waals surface area contributed by atoms with Crippen molar-refractivity contribution in [3.63, 3.8) is 0 Å². The third kappa shape index (κ3) is 3.14. The van der Waals surface area contributed by atoms with Crippen molar-refractivity contribution in [2.75, 3.05) is 11.9 Å². The zero-order chi connectivity index (χ0) is 20.1. The highest BCUT2D eigenvalue weighted by molar-refractivity contribution is 5.74. The third-order valence-electron chi connectivity index (χ3n) is 5.57. The minimum Gasteiger partial charge on any atom is -0.342 e. The van der Waals surface area contributed by atoms with Gasteiger partial charge in [-0.25, -0.2) is 0 Å². The maximum atomic E-state index is 12.8. The van der Waals surface area contributed by atoms with Gasteiger partial charge in [-0.05, 0) is 30.5 Å². The predicted molar refractivity (Wildman–Crippen MR) is 99.4 cm³/mol. The molecule has 3 aromatic rings. The Morgan fingerprint density at radius 1 is 1.21 bits per heavy atom. The zero-order valence-electron chi connectivity index (χ0n) is 15.5. The molecule has 0 unspecified atom stereocenters. The van der Waals surface area contributed by atoms with Crippen LogP contribution in [-0.4, -0.2) is 32.8 Å². The summed E-state index contributed by atoms with van der Waals surface area (Å²) < 4.78 is 40.1. The van der Waals surface area contributed by atoms with Crippen LogP contribution in [0, 0.1) is 0 Å². The number of anilines is 1. The van der Waals surface area contributed by atoms with Crippen molar-refractivity contribution in [3.05, 3.63) is 51.9 Å². The highest BCUT2D eigenvalue weighted by Gasteiger charge is 2.34. The Balaban J connectivity index is 1.65. The molecule has 6 nitrogen and oxygen atoms in total. The van der Waals surface area contributed by atoms with Crippen molar-refractivity contribution in [2.45, 2.75) is 37.4 Å². The first-order valence-electron chi connectivity index (χ1n) is 9.07. The number of alkyl halides is 3. The zero-order valence-corrected chi connectivity index (χ0v) is 15.5. The van der Waals surface area contributed by atoms with Crippen LogP contribution in [0.2, 0.25) is 0 Å². The normalized spacial score (nSPS) is 20.0. The number of hydrogen-bond acceptors (Lipinski definition) is 4. The van der Waals surface area contributed by atoms with Gasteiger partial charge in [0.2, 0.25) is 5.95 Å². The molecule has 28 heavy (non-hydrogen) atoms. The van der Waals surface area contributed by atoms with Gasteiger partial charge in [-0.1, -0.05) is 18.6 Å². The molecule has 1 aliphatic rings. The van der Waals surface area contributed by atoms with Gasteiger partial charge in [-0.2, -0.15) is 23.3 Å². The third-order valence-corrected chi connectivity index (χ3v) is 5.57. The number of rotatable bonds is 3. The van der Waals surface area contributed by atoms with Crippen LogP contribution in [0.25, 0.3) is 11.0 Å². The Morgan fingerprint density at radius 2 is 1.93 bits per heavy atom. The van der Waals surface area contributed by atoms with E-state index < -0.39 is 11.7 Å². The Hall–Kier alpha value is -2.84. The second-order valence-electron chi connectivity index (χ2n) is 7.23.